The molecule has 21 heavy (non-hydrogen) atoms. The van der Waals surface area contributed by atoms with E-state index in [1.807, 2.05) is 0 Å². The number of hydrogen-bond donors (Lipinski definition) is 1. The smallest absolute Gasteiger partial charge is 0.150 e. The lowest BCUT2D eigenvalue weighted by molar-refractivity contribution is 0.0553. The molecule has 2 saturated heterocycles. The Bertz CT molecular complexity index is 445. The van der Waals surface area contributed by atoms with E-state index < -0.39 is 9.84 Å². The van der Waals surface area contributed by atoms with Gasteiger partial charge >= 0.3 is 0 Å². The van der Waals surface area contributed by atoms with Crippen LogP contribution in [0.2, 0.25) is 0 Å². The molecule has 0 bridgehead atoms. The molecule has 4 nitrogen and oxygen atoms in total. The Balaban J connectivity index is 1.70. The third kappa shape index (κ3) is 3.62. The first kappa shape index (κ1) is 15.8. The van der Waals surface area contributed by atoms with Gasteiger partial charge in [-0.25, -0.2) is 8.42 Å². The maximum Gasteiger partial charge on any atom is 0.150 e. The lowest BCUT2D eigenvalue weighted by atomic mass is 9.87. The number of nitrogens with zero attached hydrogens (tertiary/aromatic N) is 1. The van der Waals surface area contributed by atoms with Gasteiger partial charge in [-0.3, -0.25) is 4.90 Å². The van der Waals surface area contributed by atoms with Crippen molar-refractivity contribution in [3.8, 4) is 0 Å². The monoisotopic (exact) mass is 314 g/mol. The van der Waals surface area contributed by atoms with Crippen LogP contribution in [0.25, 0.3) is 0 Å². The summed E-state index contributed by atoms with van der Waals surface area (Å²) in [5.74, 6) is 0. The van der Waals surface area contributed by atoms with Gasteiger partial charge in [0.2, 0.25) is 0 Å². The molecule has 0 amide bonds. The van der Waals surface area contributed by atoms with Gasteiger partial charge in [0.15, 0.2) is 0 Å². The zero-order valence-corrected chi connectivity index (χ0v) is 14.1. The van der Waals surface area contributed by atoms with Crippen LogP contribution < -0.4 is 5.32 Å². The van der Waals surface area contributed by atoms with Crippen molar-refractivity contribution in [3.05, 3.63) is 0 Å². The predicted octanol–water partition coefficient (Wildman–Crippen LogP) is 1.95. The van der Waals surface area contributed by atoms with Gasteiger partial charge in [0, 0.05) is 24.4 Å². The normalized spacial score (nSPS) is 39.5. The largest absolute Gasteiger partial charge is 0.312 e. The number of rotatable bonds is 3. The number of nitrogens with one attached hydrogen (secondary N) is 1. The van der Waals surface area contributed by atoms with E-state index in [0.29, 0.717) is 18.1 Å². The van der Waals surface area contributed by atoms with Crippen molar-refractivity contribution in [3.63, 3.8) is 0 Å². The molecule has 122 valence electrons. The summed E-state index contributed by atoms with van der Waals surface area (Å²) in [4.78, 5) is 2.68. The number of piperidine rings is 1. The second-order valence-electron chi connectivity index (χ2n) is 7.28. The van der Waals surface area contributed by atoms with E-state index >= 15 is 0 Å². The highest BCUT2D eigenvalue weighted by Crippen LogP contribution is 2.33. The first-order valence-corrected chi connectivity index (χ1v) is 10.7. The highest BCUT2D eigenvalue weighted by atomic mass is 32.2. The van der Waals surface area contributed by atoms with E-state index in [2.05, 4.69) is 10.2 Å². The van der Waals surface area contributed by atoms with Crippen LogP contribution in [0.4, 0.5) is 0 Å². The summed E-state index contributed by atoms with van der Waals surface area (Å²) in [6.07, 6.45) is 11.9. The maximum atomic E-state index is 11.9. The Labute approximate surface area is 129 Å². The predicted molar refractivity (Wildman–Crippen MR) is 86.3 cm³/mol. The summed E-state index contributed by atoms with van der Waals surface area (Å²) in [7, 11) is -2.88. The van der Waals surface area contributed by atoms with Crippen LogP contribution >= 0.6 is 0 Å². The Morgan fingerprint density at radius 3 is 2.57 bits per heavy atom. The molecule has 1 aliphatic carbocycles. The Morgan fingerprint density at radius 2 is 1.86 bits per heavy atom. The molecule has 3 fully saturated rings. The fourth-order valence-corrected chi connectivity index (χ4v) is 5.88. The molecule has 5 heteroatoms. The second-order valence-corrected chi connectivity index (χ2v) is 9.60. The van der Waals surface area contributed by atoms with Crippen LogP contribution in [0.15, 0.2) is 0 Å². The van der Waals surface area contributed by atoms with Gasteiger partial charge in [-0.15, -0.1) is 0 Å². The first-order valence-electron chi connectivity index (χ1n) is 8.73. The lowest BCUT2D eigenvalue weighted by Gasteiger charge is -2.46. The van der Waals surface area contributed by atoms with Gasteiger partial charge in [0.05, 0.1) is 5.25 Å². The summed E-state index contributed by atoms with van der Waals surface area (Å²) in [6.45, 7) is 2.33. The number of likely N-dealkylation sites (tertiary alicyclic amines) is 1. The molecule has 0 radical (unpaired) electrons. The molecule has 2 heterocycles. The molecular weight excluding hydrogens is 284 g/mol. The van der Waals surface area contributed by atoms with Crippen molar-refractivity contribution in [2.75, 3.05) is 19.3 Å². The summed E-state index contributed by atoms with van der Waals surface area (Å²) < 4.78 is 23.8. The fourth-order valence-electron chi connectivity index (χ4n) is 4.72. The van der Waals surface area contributed by atoms with Crippen molar-refractivity contribution in [2.24, 2.45) is 0 Å². The van der Waals surface area contributed by atoms with Gasteiger partial charge in [-0.2, -0.15) is 0 Å². The van der Waals surface area contributed by atoms with E-state index in [1.165, 1.54) is 51.3 Å². The van der Waals surface area contributed by atoms with Crippen molar-refractivity contribution in [1.82, 2.24) is 10.2 Å². The van der Waals surface area contributed by atoms with Crippen LogP contribution in [0, 0.1) is 0 Å². The summed E-state index contributed by atoms with van der Waals surface area (Å²) >= 11 is 0. The Kier molecular flexibility index (Phi) is 4.91. The molecule has 0 spiro atoms. The third-order valence-electron chi connectivity index (χ3n) is 5.83. The van der Waals surface area contributed by atoms with Crippen molar-refractivity contribution < 1.29 is 8.42 Å². The van der Waals surface area contributed by atoms with Crippen LogP contribution in [-0.4, -0.2) is 56.0 Å². The minimum absolute atomic E-state index is 0.102. The van der Waals surface area contributed by atoms with Gasteiger partial charge in [-0.1, -0.05) is 12.8 Å². The Morgan fingerprint density at radius 1 is 1.00 bits per heavy atom. The standard InChI is InChI=1S/C16H30N2O2S/c1-21(19,20)14-7-4-6-13(12-14)18-11-3-2-9-16(18)15-8-5-10-17-15/h13-17H,2-12H2,1H3. The molecule has 2 aliphatic heterocycles. The fraction of sp³-hybridized carbons (Fsp3) is 1.00. The molecule has 0 aromatic carbocycles. The average Bonchev–Trinajstić information content (AvgIpc) is 3.01. The lowest BCUT2D eigenvalue weighted by Crippen LogP contribution is -2.55. The third-order valence-corrected chi connectivity index (χ3v) is 7.47. The Hall–Kier alpha value is -0.130. The van der Waals surface area contributed by atoms with Crippen molar-refractivity contribution in [1.29, 1.82) is 0 Å². The van der Waals surface area contributed by atoms with Crippen molar-refractivity contribution >= 4 is 9.84 Å². The topological polar surface area (TPSA) is 49.4 Å². The van der Waals surface area contributed by atoms with Crippen LogP contribution in [0.1, 0.15) is 57.8 Å². The molecular formula is C16H30N2O2S. The molecule has 3 rings (SSSR count). The second kappa shape index (κ2) is 6.55. The SMILES string of the molecule is CS(=O)(=O)C1CCCC(N2CCCCC2C2CCCN2)C1. The molecule has 1 saturated carbocycles. The minimum Gasteiger partial charge on any atom is -0.312 e. The highest BCUT2D eigenvalue weighted by molar-refractivity contribution is 7.91. The van der Waals surface area contributed by atoms with Crippen LogP contribution in [0.3, 0.4) is 0 Å². The molecule has 4 atom stereocenters. The zero-order chi connectivity index (χ0) is 14.9. The van der Waals surface area contributed by atoms with E-state index in [0.717, 1.165) is 25.8 Å². The molecule has 1 N–H and O–H groups in total. The van der Waals surface area contributed by atoms with Gasteiger partial charge in [0.1, 0.15) is 9.84 Å². The summed E-state index contributed by atoms with van der Waals surface area (Å²) in [5.41, 5.74) is 0. The van der Waals surface area contributed by atoms with E-state index in [-0.39, 0.29) is 5.25 Å². The van der Waals surface area contributed by atoms with Crippen LogP contribution in [-0.2, 0) is 9.84 Å². The average molecular weight is 314 g/mol. The first-order chi connectivity index (χ1) is 10.1. The summed E-state index contributed by atoms with van der Waals surface area (Å²) in [6, 6.07) is 1.78. The zero-order valence-electron chi connectivity index (χ0n) is 13.3. The van der Waals surface area contributed by atoms with E-state index in [1.54, 1.807) is 0 Å². The van der Waals surface area contributed by atoms with Crippen LogP contribution in [0.5, 0.6) is 0 Å². The molecule has 3 aliphatic rings. The van der Waals surface area contributed by atoms with Crippen molar-refractivity contribution in [2.45, 2.75) is 81.2 Å². The van der Waals surface area contributed by atoms with E-state index in [9.17, 15) is 8.42 Å². The minimum atomic E-state index is -2.88. The van der Waals surface area contributed by atoms with Gasteiger partial charge in [0.25, 0.3) is 0 Å². The quantitative estimate of drug-likeness (QED) is 0.865. The molecule has 0 aromatic heterocycles. The number of sulfone groups is 1. The highest BCUT2D eigenvalue weighted by Gasteiger charge is 2.38. The maximum absolute atomic E-state index is 11.9. The molecule has 0 aromatic rings. The number of hydrogen-bond acceptors (Lipinski definition) is 4. The van der Waals surface area contributed by atoms with E-state index in [4.69, 9.17) is 0 Å². The van der Waals surface area contributed by atoms with Gasteiger partial charge < -0.3 is 5.32 Å². The summed E-state index contributed by atoms with van der Waals surface area (Å²) in [5, 5.41) is 3.58. The van der Waals surface area contributed by atoms with Gasteiger partial charge in [-0.05, 0) is 58.0 Å². The molecule has 4 unspecified atom stereocenters.